The number of anilines is 2. The molecule has 1 amide bonds. The summed E-state index contributed by atoms with van der Waals surface area (Å²) in [7, 11) is -3.91. The van der Waals surface area contributed by atoms with Crippen LogP contribution in [0.2, 0.25) is 0 Å². The van der Waals surface area contributed by atoms with Gasteiger partial charge in [-0.25, -0.2) is 8.42 Å². The molecule has 3 aromatic carbocycles. The van der Waals surface area contributed by atoms with Crippen molar-refractivity contribution in [2.45, 2.75) is 16.7 Å². The monoisotopic (exact) mass is 426 g/mol. The van der Waals surface area contributed by atoms with Gasteiger partial charge in [0.2, 0.25) is 5.91 Å². The standard InChI is InChI=1S/C22H22N2O3S2/c1-17-7-6-10-21(15-17)29(26,27)24(19-8-4-3-5-9-19)16-22(25)23-18-11-13-20(28-2)14-12-18/h3-15H,16H2,1-2H3,(H,23,25). The van der Waals surface area contributed by atoms with Crippen LogP contribution in [0.3, 0.4) is 0 Å². The van der Waals surface area contributed by atoms with Gasteiger partial charge in [0.25, 0.3) is 10.0 Å². The van der Waals surface area contributed by atoms with Gasteiger partial charge in [-0.15, -0.1) is 11.8 Å². The molecule has 0 unspecified atom stereocenters. The Morgan fingerprint density at radius 3 is 2.28 bits per heavy atom. The third kappa shape index (κ3) is 5.19. The predicted molar refractivity (Wildman–Crippen MR) is 119 cm³/mol. The predicted octanol–water partition coefficient (Wildman–Crippen LogP) is 4.55. The molecule has 0 heterocycles. The number of para-hydroxylation sites is 1. The van der Waals surface area contributed by atoms with Gasteiger partial charge in [0.15, 0.2) is 0 Å². The SMILES string of the molecule is CSc1ccc(NC(=O)CN(c2ccccc2)S(=O)(=O)c2cccc(C)c2)cc1. The highest BCUT2D eigenvalue weighted by molar-refractivity contribution is 7.98. The number of carbonyl (C=O) groups is 1. The first kappa shape index (κ1) is 21.0. The summed E-state index contributed by atoms with van der Waals surface area (Å²) < 4.78 is 27.7. The topological polar surface area (TPSA) is 66.5 Å². The minimum absolute atomic E-state index is 0.151. The highest BCUT2D eigenvalue weighted by Crippen LogP contribution is 2.24. The van der Waals surface area contributed by atoms with E-state index in [1.807, 2.05) is 31.4 Å². The zero-order valence-electron chi connectivity index (χ0n) is 16.2. The molecule has 0 aliphatic heterocycles. The van der Waals surface area contributed by atoms with Crippen LogP contribution < -0.4 is 9.62 Å². The van der Waals surface area contributed by atoms with Crippen molar-refractivity contribution in [3.8, 4) is 0 Å². The molecule has 0 saturated heterocycles. The number of thioether (sulfide) groups is 1. The van der Waals surface area contributed by atoms with Crippen molar-refractivity contribution >= 4 is 39.1 Å². The molecule has 0 saturated carbocycles. The maximum atomic E-state index is 13.3. The van der Waals surface area contributed by atoms with E-state index in [1.54, 1.807) is 66.4 Å². The Kier molecular flexibility index (Phi) is 6.61. The summed E-state index contributed by atoms with van der Waals surface area (Å²) in [6.45, 7) is 1.50. The van der Waals surface area contributed by atoms with Gasteiger partial charge >= 0.3 is 0 Å². The number of benzene rings is 3. The molecule has 0 atom stereocenters. The van der Waals surface area contributed by atoms with Gasteiger partial charge in [-0.3, -0.25) is 9.10 Å². The maximum Gasteiger partial charge on any atom is 0.264 e. The summed E-state index contributed by atoms with van der Waals surface area (Å²) in [5.41, 5.74) is 1.88. The van der Waals surface area contributed by atoms with Gasteiger partial charge < -0.3 is 5.32 Å². The van der Waals surface area contributed by atoms with Crippen molar-refractivity contribution in [3.05, 3.63) is 84.4 Å². The highest BCUT2D eigenvalue weighted by atomic mass is 32.2. The first-order chi connectivity index (χ1) is 13.9. The van der Waals surface area contributed by atoms with Crippen LogP contribution in [-0.4, -0.2) is 27.1 Å². The molecule has 0 radical (unpaired) electrons. The lowest BCUT2D eigenvalue weighted by atomic mass is 10.2. The third-order valence-electron chi connectivity index (χ3n) is 4.28. The average molecular weight is 427 g/mol. The Morgan fingerprint density at radius 2 is 1.66 bits per heavy atom. The van der Waals surface area contributed by atoms with Crippen LogP contribution >= 0.6 is 11.8 Å². The highest BCUT2D eigenvalue weighted by Gasteiger charge is 2.27. The van der Waals surface area contributed by atoms with Crippen molar-refractivity contribution in [1.29, 1.82) is 0 Å². The van der Waals surface area contributed by atoms with E-state index in [1.165, 1.54) is 6.07 Å². The molecule has 29 heavy (non-hydrogen) atoms. The number of sulfonamides is 1. The summed E-state index contributed by atoms with van der Waals surface area (Å²) in [5.74, 6) is -0.415. The minimum Gasteiger partial charge on any atom is -0.325 e. The average Bonchev–Trinajstić information content (AvgIpc) is 2.73. The van der Waals surface area contributed by atoms with Crippen LogP contribution in [0.25, 0.3) is 0 Å². The third-order valence-corrected chi connectivity index (χ3v) is 6.80. The number of carbonyl (C=O) groups excluding carboxylic acids is 1. The second-order valence-corrected chi connectivity index (χ2v) is 9.18. The second-order valence-electron chi connectivity index (χ2n) is 6.44. The Balaban J connectivity index is 1.89. The summed E-state index contributed by atoms with van der Waals surface area (Å²) in [5, 5.41) is 2.77. The van der Waals surface area contributed by atoms with Gasteiger partial charge in [-0.05, 0) is 67.3 Å². The molecular formula is C22H22N2O3S2. The van der Waals surface area contributed by atoms with Crippen molar-refractivity contribution in [1.82, 2.24) is 0 Å². The molecule has 0 aliphatic carbocycles. The lowest BCUT2D eigenvalue weighted by Crippen LogP contribution is -2.38. The zero-order valence-corrected chi connectivity index (χ0v) is 17.8. The molecule has 150 valence electrons. The lowest BCUT2D eigenvalue weighted by Gasteiger charge is -2.24. The minimum atomic E-state index is -3.91. The molecule has 0 aromatic heterocycles. The first-order valence-electron chi connectivity index (χ1n) is 8.98. The molecular weight excluding hydrogens is 404 g/mol. The molecule has 1 N–H and O–H groups in total. The molecule has 0 bridgehead atoms. The Labute approximate surface area is 175 Å². The molecule has 3 rings (SSSR count). The molecule has 5 nitrogen and oxygen atoms in total. The summed E-state index contributed by atoms with van der Waals surface area (Å²) >= 11 is 1.61. The van der Waals surface area contributed by atoms with E-state index in [9.17, 15) is 13.2 Å². The fraction of sp³-hybridized carbons (Fsp3) is 0.136. The number of aryl methyl sites for hydroxylation is 1. The van der Waals surface area contributed by atoms with Gasteiger partial charge in [0, 0.05) is 10.6 Å². The van der Waals surface area contributed by atoms with E-state index in [0.717, 1.165) is 14.8 Å². The Bertz CT molecular complexity index is 1080. The first-order valence-corrected chi connectivity index (χ1v) is 11.6. The van der Waals surface area contributed by atoms with E-state index in [-0.39, 0.29) is 11.4 Å². The smallest absolute Gasteiger partial charge is 0.264 e. The molecule has 7 heteroatoms. The molecule has 0 aliphatic rings. The van der Waals surface area contributed by atoms with Crippen LogP contribution in [-0.2, 0) is 14.8 Å². The van der Waals surface area contributed by atoms with E-state index >= 15 is 0 Å². The Morgan fingerprint density at radius 1 is 0.966 bits per heavy atom. The van der Waals surface area contributed by atoms with Gasteiger partial charge in [0.1, 0.15) is 6.54 Å². The second kappa shape index (κ2) is 9.15. The fourth-order valence-corrected chi connectivity index (χ4v) is 4.75. The van der Waals surface area contributed by atoms with Crippen molar-refractivity contribution in [2.24, 2.45) is 0 Å². The lowest BCUT2D eigenvalue weighted by molar-refractivity contribution is -0.114. The van der Waals surface area contributed by atoms with Gasteiger partial charge in [-0.1, -0.05) is 30.3 Å². The van der Waals surface area contributed by atoms with E-state index < -0.39 is 15.9 Å². The Hall–Kier alpha value is -2.77. The van der Waals surface area contributed by atoms with Crippen LogP contribution in [0.5, 0.6) is 0 Å². The normalized spacial score (nSPS) is 11.1. The summed E-state index contributed by atoms with van der Waals surface area (Å²) in [6, 6.07) is 22.7. The largest absolute Gasteiger partial charge is 0.325 e. The molecule has 0 fully saturated rings. The number of hydrogen-bond donors (Lipinski definition) is 1. The molecule has 0 spiro atoms. The molecule has 3 aromatic rings. The van der Waals surface area contributed by atoms with Crippen LogP contribution in [0, 0.1) is 6.92 Å². The van der Waals surface area contributed by atoms with E-state index in [0.29, 0.717) is 11.4 Å². The number of rotatable bonds is 7. The van der Waals surface area contributed by atoms with Gasteiger partial charge in [0.05, 0.1) is 10.6 Å². The van der Waals surface area contributed by atoms with E-state index in [4.69, 9.17) is 0 Å². The van der Waals surface area contributed by atoms with E-state index in [2.05, 4.69) is 5.32 Å². The van der Waals surface area contributed by atoms with Crippen molar-refractivity contribution in [2.75, 3.05) is 22.4 Å². The summed E-state index contributed by atoms with van der Waals surface area (Å²) in [6.07, 6.45) is 1.97. The quantitative estimate of drug-likeness (QED) is 0.563. The number of amides is 1. The van der Waals surface area contributed by atoms with Crippen LogP contribution in [0.4, 0.5) is 11.4 Å². The van der Waals surface area contributed by atoms with Gasteiger partial charge in [-0.2, -0.15) is 0 Å². The fourth-order valence-electron chi connectivity index (χ4n) is 2.82. The maximum absolute atomic E-state index is 13.3. The number of nitrogens with zero attached hydrogens (tertiary/aromatic N) is 1. The van der Waals surface area contributed by atoms with Crippen molar-refractivity contribution < 1.29 is 13.2 Å². The number of hydrogen-bond acceptors (Lipinski definition) is 4. The summed E-state index contributed by atoms with van der Waals surface area (Å²) in [4.78, 5) is 13.9. The zero-order chi connectivity index (χ0) is 20.9. The van der Waals surface area contributed by atoms with Crippen molar-refractivity contribution in [3.63, 3.8) is 0 Å². The number of nitrogens with one attached hydrogen (secondary N) is 1. The van der Waals surface area contributed by atoms with Crippen LogP contribution in [0.1, 0.15) is 5.56 Å². The van der Waals surface area contributed by atoms with Crippen LogP contribution in [0.15, 0.2) is 88.7 Å².